The summed E-state index contributed by atoms with van der Waals surface area (Å²) in [6.07, 6.45) is 0. The van der Waals surface area contributed by atoms with E-state index >= 15 is 0 Å². The van der Waals surface area contributed by atoms with Crippen molar-refractivity contribution in [3.8, 4) is 11.5 Å². The van der Waals surface area contributed by atoms with Crippen molar-refractivity contribution in [1.29, 1.82) is 0 Å². The van der Waals surface area contributed by atoms with Crippen molar-refractivity contribution in [2.75, 3.05) is 20.9 Å². The Morgan fingerprint density at radius 3 is 1.82 bits per heavy atom. The van der Waals surface area contributed by atoms with Gasteiger partial charge in [0.1, 0.15) is 0 Å². The molecule has 1 aromatic carbocycles. The van der Waals surface area contributed by atoms with Crippen molar-refractivity contribution < 1.29 is 9.47 Å². The number of ether oxygens (including phenoxy) is 2. The van der Waals surface area contributed by atoms with Crippen molar-refractivity contribution in [3.63, 3.8) is 0 Å². The number of benzene rings is 1. The molecule has 0 amide bonds. The molecular formula is C11H18N4O2. The Kier molecular flexibility index (Phi) is 4.16. The molecular weight excluding hydrogens is 220 g/mol. The molecule has 4 N–H and O–H groups in total. The minimum atomic E-state index is 0.303. The third-order valence-corrected chi connectivity index (χ3v) is 2.61. The third kappa shape index (κ3) is 2.86. The summed E-state index contributed by atoms with van der Waals surface area (Å²) in [7, 11) is 3.69. The largest absolute Gasteiger partial charge is 0.454 e. The molecule has 2 rings (SSSR count). The lowest BCUT2D eigenvalue weighted by atomic mass is 10.1. The van der Waals surface area contributed by atoms with E-state index in [4.69, 9.17) is 9.47 Å². The number of fused-ring (bicyclic) bond motifs is 1. The van der Waals surface area contributed by atoms with E-state index in [1.165, 1.54) is 11.1 Å². The Morgan fingerprint density at radius 2 is 1.41 bits per heavy atom. The summed E-state index contributed by atoms with van der Waals surface area (Å²) in [4.78, 5) is 0. The van der Waals surface area contributed by atoms with Gasteiger partial charge in [-0.2, -0.15) is 0 Å². The molecule has 0 aliphatic carbocycles. The highest BCUT2D eigenvalue weighted by Crippen LogP contribution is 2.34. The van der Waals surface area contributed by atoms with E-state index in [2.05, 4.69) is 21.7 Å². The van der Waals surface area contributed by atoms with Crippen LogP contribution in [0, 0.1) is 0 Å². The maximum atomic E-state index is 5.37. The van der Waals surface area contributed by atoms with Gasteiger partial charge in [-0.3, -0.25) is 21.7 Å². The lowest BCUT2D eigenvalue weighted by Crippen LogP contribution is -2.29. The molecule has 1 aliphatic heterocycles. The van der Waals surface area contributed by atoms with Crippen LogP contribution in [0.3, 0.4) is 0 Å². The maximum Gasteiger partial charge on any atom is 0.231 e. The molecule has 0 aromatic heterocycles. The van der Waals surface area contributed by atoms with Gasteiger partial charge < -0.3 is 9.47 Å². The molecule has 0 unspecified atom stereocenters. The standard InChI is InChI=1S/C11H18N4O2/c1-12-14-5-8-3-10-11(17-7-16-10)4-9(8)6-15-13-2/h3-4,12-15H,5-7H2,1-2H3. The summed E-state index contributed by atoms with van der Waals surface area (Å²) in [6.45, 7) is 1.76. The zero-order valence-electron chi connectivity index (χ0n) is 10.1. The molecule has 0 saturated heterocycles. The fourth-order valence-corrected chi connectivity index (χ4v) is 1.72. The van der Waals surface area contributed by atoms with Gasteiger partial charge in [-0.05, 0) is 37.4 Å². The highest BCUT2D eigenvalue weighted by atomic mass is 16.7. The molecule has 1 heterocycles. The molecule has 1 aliphatic rings. The van der Waals surface area contributed by atoms with Gasteiger partial charge in [0.05, 0.1) is 0 Å². The molecule has 0 bridgehead atoms. The molecule has 0 spiro atoms. The lowest BCUT2D eigenvalue weighted by molar-refractivity contribution is 0.174. The van der Waals surface area contributed by atoms with Crippen molar-refractivity contribution in [2.45, 2.75) is 13.1 Å². The van der Waals surface area contributed by atoms with Crippen molar-refractivity contribution in [2.24, 2.45) is 0 Å². The summed E-state index contributed by atoms with van der Waals surface area (Å²) in [5.74, 6) is 1.62. The Bertz CT molecular complexity index is 349. The highest BCUT2D eigenvalue weighted by molar-refractivity contribution is 5.48. The topological polar surface area (TPSA) is 66.6 Å². The van der Waals surface area contributed by atoms with E-state index < -0.39 is 0 Å². The highest BCUT2D eigenvalue weighted by Gasteiger charge is 2.16. The maximum absolute atomic E-state index is 5.37. The minimum absolute atomic E-state index is 0.303. The zero-order chi connectivity index (χ0) is 12.1. The Balaban J connectivity index is 2.19. The van der Waals surface area contributed by atoms with Crippen LogP contribution in [0.2, 0.25) is 0 Å². The minimum Gasteiger partial charge on any atom is -0.454 e. The first kappa shape index (κ1) is 12.1. The molecule has 0 atom stereocenters. The molecule has 1 aromatic rings. The number of nitrogens with one attached hydrogen (secondary N) is 4. The fourth-order valence-electron chi connectivity index (χ4n) is 1.72. The molecule has 6 nitrogen and oxygen atoms in total. The van der Waals surface area contributed by atoms with Gasteiger partial charge in [0.25, 0.3) is 0 Å². The lowest BCUT2D eigenvalue weighted by Gasteiger charge is -2.12. The average molecular weight is 238 g/mol. The first-order chi connectivity index (χ1) is 8.35. The van der Waals surface area contributed by atoms with E-state index in [0.717, 1.165) is 24.6 Å². The zero-order valence-corrected chi connectivity index (χ0v) is 10.1. The first-order valence-corrected chi connectivity index (χ1v) is 5.55. The second-order valence-corrected chi connectivity index (χ2v) is 3.68. The second-order valence-electron chi connectivity index (χ2n) is 3.68. The first-order valence-electron chi connectivity index (χ1n) is 5.55. The Morgan fingerprint density at radius 1 is 0.941 bits per heavy atom. The van der Waals surface area contributed by atoms with Gasteiger partial charge in [-0.15, -0.1) is 0 Å². The second kappa shape index (κ2) is 5.83. The van der Waals surface area contributed by atoms with E-state index in [-0.39, 0.29) is 0 Å². The summed E-state index contributed by atoms with van der Waals surface area (Å²) >= 11 is 0. The normalized spacial score (nSPS) is 13.1. The molecule has 0 saturated carbocycles. The summed E-state index contributed by atoms with van der Waals surface area (Å²) < 4.78 is 10.7. The van der Waals surface area contributed by atoms with E-state index in [9.17, 15) is 0 Å². The van der Waals surface area contributed by atoms with E-state index in [1.807, 2.05) is 26.2 Å². The molecule has 6 heteroatoms. The van der Waals surface area contributed by atoms with Crippen LogP contribution in [0.15, 0.2) is 12.1 Å². The Hall–Kier alpha value is -1.34. The number of hydrazine groups is 2. The van der Waals surface area contributed by atoms with Crippen LogP contribution in [0.4, 0.5) is 0 Å². The van der Waals surface area contributed by atoms with Gasteiger partial charge in [-0.25, -0.2) is 0 Å². The molecule has 94 valence electrons. The van der Waals surface area contributed by atoms with Crippen LogP contribution in [-0.2, 0) is 13.1 Å². The molecule has 0 radical (unpaired) electrons. The fraction of sp³-hybridized carbons (Fsp3) is 0.455. The van der Waals surface area contributed by atoms with Gasteiger partial charge in [0, 0.05) is 13.1 Å². The molecule has 0 fully saturated rings. The Labute approximate surface area is 101 Å². The van der Waals surface area contributed by atoms with Crippen LogP contribution >= 0.6 is 0 Å². The van der Waals surface area contributed by atoms with Crippen LogP contribution in [0.25, 0.3) is 0 Å². The average Bonchev–Trinajstić information content (AvgIpc) is 2.80. The summed E-state index contributed by atoms with van der Waals surface area (Å²) in [5, 5.41) is 0. The SMILES string of the molecule is CNNCc1cc2c(cc1CNNC)OCO2. The number of rotatable bonds is 6. The number of hydrogen-bond acceptors (Lipinski definition) is 6. The summed E-state index contributed by atoms with van der Waals surface area (Å²) in [6, 6.07) is 4.03. The van der Waals surface area contributed by atoms with E-state index in [1.54, 1.807) is 0 Å². The van der Waals surface area contributed by atoms with E-state index in [0.29, 0.717) is 6.79 Å². The van der Waals surface area contributed by atoms with Crippen LogP contribution < -0.4 is 31.2 Å². The van der Waals surface area contributed by atoms with Crippen molar-refractivity contribution in [1.82, 2.24) is 21.7 Å². The number of hydrogen-bond donors (Lipinski definition) is 4. The van der Waals surface area contributed by atoms with Crippen molar-refractivity contribution in [3.05, 3.63) is 23.3 Å². The smallest absolute Gasteiger partial charge is 0.231 e. The quantitative estimate of drug-likeness (QED) is 0.518. The van der Waals surface area contributed by atoms with Gasteiger partial charge in [0.15, 0.2) is 11.5 Å². The van der Waals surface area contributed by atoms with Crippen LogP contribution in [0.1, 0.15) is 11.1 Å². The van der Waals surface area contributed by atoms with Gasteiger partial charge >= 0.3 is 0 Å². The predicted molar refractivity (Wildman–Crippen MR) is 64.4 cm³/mol. The predicted octanol–water partition coefficient (Wildman–Crippen LogP) is -0.137. The summed E-state index contributed by atoms with van der Waals surface area (Å²) in [5.41, 5.74) is 14.3. The molecule has 17 heavy (non-hydrogen) atoms. The van der Waals surface area contributed by atoms with Crippen LogP contribution in [-0.4, -0.2) is 20.9 Å². The van der Waals surface area contributed by atoms with Gasteiger partial charge in [0.2, 0.25) is 6.79 Å². The van der Waals surface area contributed by atoms with Crippen molar-refractivity contribution >= 4 is 0 Å². The third-order valence-electron chi connectivity index (χ3n) is 2.61. The van der Waals surface area contributed by atoms with Gasteiger partial charge in [-0.1, -0.05) is 0 Å². The monoisotopic (exact) mass is 238 g/mol. The van der Waals surface area contributed by atoms with Crippen LogP contribution in [0.5, 0.6) is 11.5 Å².